The Labute approximate surface area is 186 Å². The van der Waals surface area contributed by atoms with E-state index in [-0.39, 0.29) is 28.9 Å². The lowest BCUT2D eigenvalue weighted by Crippen LogP contribution is -2.07. The topological polar surface area (TPSA) is 107 Å². The lowest BCUT2D eigenvalue weighted by atomic mass is 10.1. The lowest BCUT2D eigenvalue weighted by molar-refractivity contribution is -0.111. The minimum atomic E-state index is -1.22. The summed E-state index contributed by atoms with van der Waals surface area (Å²) in [5.74, 6) is -2.15. The average Bonchev–Trinajstić information content (AvgIpc) is 3.20. The molecule has 0 aliphatic rings. The Morgan fingerprint density at radius 2 is 2.00 bits per heavy atom. The van der Waals surface area contributed by atoms with Crippen LogP contribution in [0, 0.1) is 11.8 Å². The van der Waals surface area contributed by atoms with Crippen molar-refractivity contribution < 1.29 is 18.3 Å². The number of carbonyl (C=O) groups excluding carboxylic acids is 1. The van der Waals surface area contributed by atoms with Crippen LogP contribution in [0.2, 0.25) is 0 Å². The fourth-order valence-electron chi connectivity index (χ4n) is 2.83. The molecule has 9 nitrogen and oxygen atoms in total. The maximum absolute atomic E-state index is 13.8. The molecule has 2 N–H and O–H groups in total. The van der Waals surface area contributed by atoms with Crippen molar-refractivity contribution >= 4 is 23.2 Å². The number of aryl methyl sites for hydroxylation is 1. The molecule has 1 amide bonds. The molecule has 4 rings (SSSR count). The number of aromatic nitrogens is 5. The molecule has 0 bridgehead atoms. The van der Waals surface area contributed by atoms with Gasteiger partial charge in [0.2, 0.25) is 23.7 Å². The number of ether oxygens (including phenoxy) is 1. The summed E-state index contributed by atoms with van der Waals surface area (Å²) in [6.45, 7) is 3.41. The van der Waals surface area contributed by atoms with Gasteiger partial charge in [0.15, 0.2) is 5.82 Å². The number of halogens is 2. The van der Waals surface area contributed by atoms with E-state index < -0.39 is 11.8 Å². The number of anilines is 3. The number of pyridine rings is 1. The molecule has 3 heterocycles. The summed E-state index contributed by atoms with van der Waals surface area (Å²) in [5.41, 5.74) is 1.60. The second kappa shape index (κ2) is 9.22. The van der Waals surface area contributed by atoms with Crippen molar-refractivity contribution in [1.82, 2.24) is 24.7 Å². The smallest absolute Gasteiger partial charge is 0.248 e. The van der Waals surface area contributed by atoms with Crippen LogP contribution in [0.15, 0.2) is 67.8 Å². The van der Waals surface area contributed by atoms with Crippen molar-refractivity contribution in [2.75, 3.05) is 10.6 Å². The normalized spacial score (nSPS) is 10.5. The second-order valence-corrected chi connectivity index (χ2v) is 6.76. The maximum Gasteiger partial charge on any atom is 0.248 e. The Bertz CT molecular complexity index is 1340. The molecule has 166 valence electrons. The Morgan fingerprint density at radius 3 is 2.73 bits per heavy atom. The van der Waals surface area contributed by atoms with Gasteiger partial charge in [0, 0.05) is 43.0 Å². The molecule has 0 radical (unpaired) electrons. The van der Waals surface area contributed by atoms with Crippen LogP contribution in [0.1, 0.15) is 0 Å². The second-order valence-electron chi connectivity index (χ2n) is 6.76. The lowest BCUT2D eigenvalue weighted by Gasteiger charge is -2.13. The average molecular weight is 449 g/mol. The standard InChI is InChI=1S/C22H17F2N7O2/c1-3-19(32)28-14-5-4-6-16(8-14)33-21-17(13-7-18(23)20(24)25-9-13)11-26-22(30-21)29-15-10-27-31(2)12-15/h3-12H,1H2,2H3,(H,28,32)(H,26,29,30). The van der Waals surface area contributed by atoms with Crippen LogP contribution in [0.3, 0.4) is 0 Å². The number of benzene rings is 1. The van der Waals surface area contributed by atoms with Gasteiger partial charge in [-0.2, -0.15) is 14.5 Å². The molecule has 0 aliphatic carbocycles. The molecule has 3 aromatic heterocycles. The molecular weight excluding hydrogens is 432 g/mol. The Kier molecular flexibility index (Phi) is 6.02. The molecule has 0 spiro atoms. The van der Waals surface area contributed by atoms with Gasteiger partial charge < -0.3 is 15.4 Å². The minimum absolute atomic E-state index is 0.0522. The van der Waals surface area contributed by atoms with E-state index in [0.29, 0.717) is 17.1 Å². The summed E-state index contributed by atoms with van der Waals surface area (Å²) in [6, 6.07) is 7.54. The molecule has 33 heavy (non-hydrogen) atoms. The first kappa shape index (κ1) is 21.6. The van der Waals surface area contributed by atoms with Gasteiger partial charge in [-0.15, -0.1) is 0 Å². The van der Waals surface area contributed by atoms with E-state index in [1.165, 1.54) is 6.20 Å². The number of amides is 1. The van der Waals surface area contributed by atoms with Crippen LogP contribution in [0.25, 0.3) is 11.1 Å². The number of hydrogen-bond acceptors (Lipinski definition) is 7. The van der Waals surface area contributed by atoms with E-state index in [9.17, 15) is 13.6 Å². The summed E-state index contributed by atoms with van der Waals surface area (Å²) < 4.78 is 34.7. The van der Waals surface area contributed by atoms with Gasteiger partial charge in [-0.1, -0.05) is 12.6 Å². The molecule has 0 saturated heterocycles. The first-order chi connectivity index (χ1) is 15.9. The third kappa shape index (κ3) is 5.15. The highest BCUT2D eigenvalue weighted by molar-refractivity contribution is 5.98. The van der Waals surface area contributed by atoms with Crippen molar-refractivity contribution in [3.05, 3.63) is 79.5 Å². The highest BCUT2D eigenvalue weighted by Gasteiger charge is 2.16. The monoisotopic (exact) mass is 449 g/mol. The number of carbonyl (C=O) groups is 1. The fraction of sp³-hybridized carbons (Fsp3) is 0.0455. The zero-order valence-corrected chi connectivity index (χ0v) is 17.3. The fourth-order valence-corrected chi connectivity index (χ4v) is 2.83. The maximum atomic E-state index is 13.8. The van der Waals surface area contributed by atoms with E-state index in [4.69, 9.17) is 4.74 Å². The Balaban J connectivity index is 1.71. The molecule has 11 heteroatoms. The zero-order valence-electron chi connectivity index (χ0n) is 17.3. The molecule has 4 aromatic rings. The summed E-state index contributed by atoms with van der Waals surface area (Å²) in [5, 5.41) is 9.69. The molecule has 1 aromatic carbocycles. The molecule has 0 saturated carbocycles. The van der Waals surface area contributed by atoms with Gasteiger partial charge in [0.25, 0.3) is 0 Å². The van der Waals surface area contributed by atoms with Gasteiger partial charge in [-0.05, 0) is 24.3 Å². The Hall–Kier alpha value is -4.67. The van der Waals surface area contributed by atoms with Crippen LogP contribution in [-0.4, -0.2) is 30.6 Å². The summed E-state index contributed by atoms with van der Waals surface area (Å²) in [4.78, 5) is 23.6. The van der Waals surface area contributed by atoms with E-state index >= 15 is 0 Å². The molecule has 0 fully saturated rings. The van der Waals surface area contributed by atoms with Gasteiger partial charge in [-0.25, -0.2) is 14.4 Å². The quantitative estimate of drug-likeness (QED) is 0.321. The Morgan fingerprint density at radius 1 is 1.15 bits per heavy atom. The number of hydrogen-bond donors (Lipinski definition) is 2. The first-order valence-corrected chi connectivity index (χ1v) is 9.57. The van der Waals surface area contributed by atoms with Crippen LogP contribution in [-0.2, 0) is 11.8 Å². The van der Waals surface area contributed by atoms with Crippen LogP contribution in [0.4, 0.5) is 26.1 Å². The zero-order chi connectivity index (χ0) is 23.4. The highest BCUT2D eigenvalue weighted by Crippen LogP contribution is 2.33. The van der Waals surface area contributed by atoms with Crippen molar-refractivity contribution in [3.63, 3.8) is 0 Å². The van der Waals surface area contributed by atoms with Crippen molar-refractivity contribution in [3.8, 4) is 22.8 Å². The third-order valence-electron chi connectivity index (χ3n) is 4.32. The van der Waals surface area contributed by atoms with E-state index in [1.54, 1.807) is 48.4 Å². The number of nitrogens with zero attached hydrogens (tertiary/aromatic N) is 5. The summed E-state index contributed by atoms with van der Waals surface area (Å²) in [7, 11) is 1.76. The first-order valence-electron chi connectivity index (χ1n) is 9.57. The molecule has 0 unspecified atom stereocenters. The van der Waals surface area contributed by atoms with Gasteiger partial charge in [0.05, 0.1) is 17.4 Å². The van der Waals surface area contributed by atoms with E-state index in [1.807, 2.05) is 0 Å². The number of nitrogens with one attached hydrogen (secondary N) is 2. The van der Waals surface area contributed by atoms with Crippen molar-refractivity contribution in [2.45, 2.75) is 0 Å². The van der Waals surface area contributed by atoms with Crippen LogP contribution in [0.5, 0.6) is 11.6 Å². The predicted octanol–water partition coefficient (Wildman–Crippen LogP) is 4.21. The third-order valence-corrected chi connectivity index (χ3v) is 4.32. The van der Waals surface area contributed by atoms with Gasteiger partial charge in [0.1, 0.15) is 5.75 Å². The van der Waals surface area contributed by atoms with E-state index in [2.05, 4.69) is 37.3 Å². The van der Waals surface area contributed by atoms with Gasteiger partial charge in [-0.3, -0.25) is 9.48 Å². The molecular formula is C22H17F2N7O2. The molecule has 0 atom stereocenters. The number of rotatable bonds is 7. The summed E-state index contributed by atoms with van der Waals surface area (Å²) >= 11 is 0. The highest BCUT2D eigenvalue weighted by atomic mass is 19.2. The SMILES string of the molecule is C=CC(=O)Nc1cccc(Oc2nc(Nc3cnn(C)c3)ncc2-c2cnc(F)c(F)c2)c1. The van der Waals surface area contributed by atoms with E-state index in [0.717, 1.165) is 18.3 Å². The predicted molar refractivity (Wildman–Crippen MR) is 117 cm³/mol. The van der Waals surface area contributed by atoms with Crippen molar-refractivity contribution in [2.24, 2.45) is 7.05 Å². The molecule has 0 aliphatic heterocycles. The minimum Gasteiger partial charge on any atom is -0.438 e. The van der Waals surface area contributed by atoms with Crippen LogP contribution >= 0.6 is 0 Å². The largest absolute Gasteiger partial charge is 0.438 e. The summed E-state index contributed by atoms with van der Waals surface area (Å²) in [6.07, 6.45) is 7.01. The van der Waals surface area contributed by atoms with Crippen molar-refractivity contribution in [1.29, 1.82) is 0 Å². The van der Waals surface area contributed by atoms with Crippen LogP contribution < -0.4 is 15.4 Å². The van der Waals surface area contributed by atoms with Gasteiger partial charge >= 0.3 is 0 Å².